The van der Waals surface area contributed by atoms with Crippen LogP contribution in [0, 0.1) is 5.82 Å². The fraction of sp³-hybridized carbons (Fsp3) is 0.333. The number of aromatic hydroxyl groups is 1. The Kier molecular flexibility index (Phi) is 4.55. The first-order valence-corrected chi connectivity index (χ1v) is 6.56. The monoisotopic (exact) mass is 283 g/mol. The number of phenolic OH excluding ortho intramolecular Hbond substituents is 1. The van der Waals surface area contributed by atoms with Crippen molar-refractivity contribution < 1.29 is 22.7 Å². The fourth-order valence-electron chi connectivity index (χ4n) is 1.06. The van der Waals surface area contributed by atoms with Gasteiger partial charge in [0.15, 0.2) is 5.75 Å². The molecule has 5 nitrogen and oxygen atoms in total. The van der Waals surface area contributed by atoms with Crippen molar-refractivity contribution in [3.05, 3.63) is 23.0 Å². The highest BCUT2D eigenvalue weighted by atomic mass is 35.5. The Morgan fingerprint density at radius 3 is 2.76 bits per heavy atom. The van der Waals surface area contributed by atoms with E-state index in [1.807, 2.05) is 4.72 Å². The van der Waals surface area contributed by atoms with E-state index in [0.29, 0.717) is 0 Å². The zero-order valence-electron chi connectivity index (χ0n) is 8.91. The van der Waals surface area contributed by atoms with Gasteiger partial charge < -0.3 is 9.84 Å². The molecule has 0 unspecified atom stereocenters. The maximum atomic E-state index is 13.0. The van der Waals surface area contributed by atoms with Gasteiger partial charge in [0.1, 0.15) is 5.82 Å². The lowest BCUT2D eigenvalue weighted by molar-refractivity contribution is 0.217. The lowest BCUT2D eigenvalue weighted by Gasteiger charge is -2.10. The van der Waals surface area contributed by atoms with Crippen LogP contribution in [0.4, 0.5) is 10.1 Å². The summed E-state index contributed by atoms with van der Waals surface area (Å²) in [6.07, 6.45) is 0. The molecule has 0 radical (unpaired) electrons. The lowest BCUT2D eigenvalue weighted by Crippen LogP contribution is -2.19. The molecule has 0 aromatic heterocycles. The Morgan fingerprint density at radius 1 is 1.53 bits per heavy atom. The van der Waals surface area contributed by atoms with Gasteiger partial charge in [0, 0.05) is 13.2 Å². The normalized spacial score (nSPS) is 11.5. The molecule has 1 aromatic carbocycles. The molecule has 8 heteroatoms. The van der Waals surface area contributed by atoms with Gasteiger partial charge in [-0.3, -0.25) is 4.72 Å². The molecule has 0 aliphatic heterocycles. The third-order valence-corrected chi connectivity index (χ3v) is 3.37. The Balaban J connectivity index is 2.95. The van der Waals surface area contributed by atoms with E-state index < -0.39 is 21.6 Å². The van der Waals surface area contributed by atoms with Gasteiger partial charge in [-0.2, -0.15) is 0 Å². The molecular formula is C9H11ClFNO4S. The number of anilines is 1. The van der Waals surface area contributed by atoms with Crippen LogP contribution in [0.15, 0.2) is 12.1 Å². The van der Waals surface area contributed by atoms with Crippen molar-refractivity contribution in [2.24, 2.45) is 0 Å². The van der Waals surface area contributed by atoms with Crippen molar-refractivity contribution in [1.29, 1.82) is 0 Å². The summed E-state index contributed by atoms with van der Waals surface area (Å²) < 4.78 is 42.5. The number of benzene rings is 1. The maximum Gasteiger partial charge on any atom is 0.235 e. The van der Waals surface area contributed by atoms with Crippen LogP contribution in [0.2, 0.25) is 5.02 Å². The minimum absolute atomic E-state index is 0.0147. The van der Waals surface area contributed by atoms with Gasteiger partial charge in [0.25, 0.3) is 0 Å². The minimum Gasteiger partial charge on any atom is -0.504 e. The highest BCUT2D eigenvalue weighted by molar-refractivity contribution is 7.92. The molecule has 96 valence electrons. The first kappa shape index (κ1) is 14.0. The Morgan fingerprint density at radius 2 is 2.18 bits per heavy atom. The quantitative estimate of drug-likeness (QED) is 0.805. The van der Waals surface area contributed by atoms with Crippen LogP contribution in [0.1, 0.15) is 0 Å². The Hall–Kier alpha value is -1.05. The number of nitrogens with one attached hydrogen (secondary N) is 1. The van der Waals surface area contributed by atoms with Gasteiger partial charge in [-0.1, -0.05) is 11.6 Å². The largest absolute Gasteiger partial charge is 0.504 e. The second kappa shape index (κ2) is 5.52. The van der Waals surface area contributed by atoms with Crippen molar-refractivity contribution >= 4 is 27.3 Å². The summed E-state index contributed by atoms with van der Waals surface area (Å²) in [6.45, 7) is -0.0147. The molecule has 1 aromatic rings. The predicted molar refractivity (Wildman–Crippen MR) is 62.4 cm³/mol. The van der Waals surface area contributed by atoms with Crippen LogP contribution in [0.5, 0.6) is 5.75 Å². The summed E-state index contributed by atoms with van der Waals surface area (Å²) in [5, 5.41) is 9.18. The summed E-state index contributed by atoms with van der Waals surface area (Å²) in [5.74, 6) is -1.58. The average Bonchev–Trinajstić information content (AvgIpc) is 2.22. The van der Waals surface area contributed by atoms with E-state index in [2.05, 4.69) is 4.74 Å². The molecule has 0 saturated carbocycles. The van der Waals surface area contributed by atoms with Gasteiger partial charge in [0.05, 0.1) is 23.1 Å². The molecule has 0 fully saturated rings. The summed E-state index contributed by atoms with van der Waals surface area (Å²) in [7, 11) is -2.36. The first-order chi connectivity index (χ1) is 7.85. The van der Waals surface area contributed by atoms with E-state index in [9.17, 15) is 17.9 Å². The number of hydrogen-bond donors (Lipinski definition) is 2. The molecule has 0 heterocycles. The van der Waals surface area contributed by atoms with Crippen molar-refractivity contribution in [3.8, 4) is 5.75 Å². The Labute approximate surface area is 103 Å². The number of hydrogen-bond acceptors (Lipinski definition) is 4. The molecule has 0 aliphatic rings. The van der Waals surface area contributed by atoms with Crippen LogP contribution in [0.3, 0.4) is 0 Å². The van der Waals surface area contributed by atoms with E-state index in [4.69, 9.17) is 11.6 Å². The molecular weight excluding hydrogens is 273 g/mol. The van der Waals surface area contributed by atoms with Crippen LogP contribution in [-0.2, 0) is 14.8 Å². The standard InChI is InChI=1S/C9H11ClFNO4S/c1-16-2-3-17(14,15)12-8-5-6(11)4-7(10)9(8)13/h4-5,12-13H,2-3H2,1H3. The molecule has 0 amide bonds. The summed E-state index contributed by atoms with van der Waals surface area (Å²) >= 11 is 5.50. The fourth-order valence-corrected chi connectivity index (χ4v) is 2.24. The van der Waals surface area contributed by atoms with Crippen LogP contribution in [-0.4, -0.2) is 33.0 Å². The second-order valence-corrected chi connectivity index (χ2v) is 5.45. The van der Waals surface area contributed by atoms with E-state index in [0.717, 1.165) is 12.1 Å². The van der Waals surface area contributed by atoms with E-state index in [1.165, 1.54) is 7.11 Å². The highest BCUT2D eigenvalue weighted by Gasteiger charge is 2.15. The smallest absolute Gasteiger partial charge is 0.235 e. The van der Waals surface area contributed by atoms with Crippen LogP contribution < -0.4 is 4.72 Å². The molecule has 2 N–H and O–H groups in total. The molecule has 1 rings (SSSR count). The third-order valence-electron chi connectivity index (χ3n) is 1.85. The topological polar surface area (TPSA) is 75.6 Å². The number of ether oxygens (including phenoxy) is 1. The zero-order chi connectivity index (χ0) is 13.1. The lowest BCUT2D eigenvalue weighted by atomic mass is 10.3. The van der Waals surface area contributed by atoms with Gasteiger partial charge in [-0.05, 0) is 6.07 Å². The summed E-state index contributed by atoms with van der Waals surface area (Å²) in [5.41, 5.74) is -0.300. The van der Waals surface area contributed by atoms with Crippen molar-refractivity contribution in [2.45, 2.75) is 0 Å². The molecule has 0 saturated heterocycles. The number of phenols is 1. The molecule has 0 spiro atoms. The van der Waals surface area contributed by atoms with E-state index in [-0.39, 0.29) is 23.1 Å². The molecule has 0 aliphatic carbocycles. The number of sulfonamides is 1. The number of rotatable bonds is 5. The number of methoxy groups -OCH3 is 1. The van der Waals surface area contributed by atoms with Gasteiger partial charge in [-0.15, -0.1) is 0 Å². The van der Waals surface area contributed by atoms with Gasteiger partial charge in [-0.25, -0.2) is 12.8 Å². The SMILES string of the molecule is COCCS(=O)(=O)Nc1cc(F)cc(Cl)c1O. The zero-order valence-corrected chi connectivity index (χ0v) is 10.5. The molecule has 0 bridgehead atoms. The van der Waals surface area contributed by atoms with Crippen molar-refractivity contribution in [1.82, 2.24) is 0 Å². The van der Waals surface area contributed by atoms with Crippen LogP contribution >= 0.6 is 11.6 Å². The average molecular weight is 284 g/mol. The number of halogens is 2. The van der Waals surface area contributed by atoms with Gasteiger partial charge >= 0.3 is 0 Å². The molecule has 0 atom stereocenters. The van der Waals surface area contributed by atoms with Gasteiger partial charge in [0.2, 0.25) is 10.0 Å². The second-order valence-electron chi connectivity index (χ2n) is 3.20. The van der Waals surface area contributed by atoms with E-state index >= 15 is 0 Å². The highest BCUT2D eigenvalue weighted by Crippen LogP contribution is 2.33. The Bertz CT molecular complexity index is 506. The summed E-state index contributed by atoms with van der Waals surface area (Å²) in [4.78, 5) is 0. The van der Waals surface area contributed by atoms with E-state index in [1.54, 1.807) is 0 Å². The van der Waals surface area contributed by atoms with Crippen molar-refractivity contribution in [3.63, 3.8) is 0 Å². The van der Waals surface area contributed by atoms with Crippen molar-refractivity contribution in [2.75, 3.05) is 24.2 Å². The first-order valence-electron chi connectivity index (χ1n) is 4.53. The van der Waals surface area contributed by atoms with Crippen LogP contribution in [0.25, 0.3) is 0 Å². The minimum atomic E-state index is -3.71. The maximum absolute atomic E-state index is 13.0. The molecule has 17 heavy (non-hydrogen) atoms. The third kappa shape index (κ3) is 4.03. The summed E-state index contributed by atoms with van der Waals surface area (Å²) in [6, 6.07) is 1.72. The predicted octanol–water partition coefficient (Wildman–Crippen LogP) is 1.57.